The Labute approximate surface area is 196 Å². The van der Waals surface area contributed by atoms with E-state index < -0.39 is 0 Å². The van der Waals surface area contributed by atoms with Crippen LogP contribution in [0, 0.1) is 0 Å². The summed E-state index contributed by atoms with van der Waals surface area (Å²) in [5.74, 6) is 0. The number of para-hydroxylation sites is 1. The Morgan fingerprint density at radius 2 is 1.72 bits per heavy atom. The van der Waals surface area contributed by atoms with Crippen LogP contribution in [0.15, 0.2) is 72.1 Å². The molecule has 1 saturated heterocycles. The highest BCUT2D eigenvalue weighted by Crippen LogP contribution is 2.29. The van der Waals surface area contributed by atoms with Gasteiger partial charge in [0.05, 0.1) is 12.7 Å². The molecule has 0 bridgehead atoms. The molecule has 2 aromatic carbocycles. The van der Waals surface area contributed by atoms with Crippen molar-refractivity contribution < 1.29 is 4.74 Å². The number of benzene rings is 2. The summed E-state index contributed by atoms with van der Waals surface area (Å²) in [5.41, 5.74) is 4.04. The molecule has 2 heterocycles. The Bertz CT molecular complexity index is 908. The number of nitrogens with zero attached hydrogens (tertiary/aromatic N) is 2. The first-order chi connectivity index (χ1) is 15.8. The van der Waals surface area contributed by atoms with E-state index in [1.807, 2.05) is 7.05 Å². The molecule has 0 saturated carbocycles. The van der Waals surface area contributed by atoms with Crippen molar-refractivity contribution >= 4 is 17.0 Å². The van der Waals surface area contributed by atoms with E-state index in [9.17, 15) is 0 Å². The van der Waals surface area contributed by atoms with Gasteiger partial charge in [0.15, 0.2) is 0 Å². The summed E-state index contributed by atoms with van der Waals surface area (Å²) in [5, 5.41) is 5.39. The van der Waals surface area contributed by atoms with Crippen molar-refractivity contribution in [2.24, 2.45) is 0 Å². The van der Waals surface area contributed by atoms with E-state index in [-0.39, 0.29) is 6.10 Å². The van der Waals surface area contributed by atoms with Crippen molar-refractivity contribution in [2.75, 3.05) is 51.2 Å². The number of anilines is 1. The molecule has 1 N–H and O–H groups in total. The highest BCUT2D eigenvalue weighted by molar-refractivity contribution is 7.10. The fourth-order valence-corrected chi connectivity index (χ4v) is 5.14. The van der Waals surface area contributed by atoms with Crippen LogP contribution in [0.25, 0.3) is 0 Å². The molecule has 3 aromatic rings. The second-order valence-electron chi connectivity index (χ2n) is 8.40. The predicted molar refractivity (Wildman–Crippen MR) is 136 cm³/mol. The topological polar surface area (TPSA) is 27.7 Å². The number of hydrogen-bond donors (Lipinski definition) is 1. The number of ether oxygens (including phenoxy) is 1. The van der Waals surface area contributed by atoms with Crippen molar-refractivity contribution in [1.82, 2.24) is 10.2 Å². The van der Waals surface area contributed by atoms with Crippen LogP contribution in [0.4, 0.5) is 5.69 Å². The lowest BCUT2D eigenvalue weighted by atomic mass is 10.1. The molecule has 0 radical (unpaired) electrons. The van der Waals surface area contributed by atoms with Crippen molar-refractivity contribution in [2.45, 2.75) is 25.6 Å². The first-order valence-corrected chi connectivity index (χ1v) is 12.6. The van der Waals surface area contributed by atoms with Crippen LogP contribution >= 0.6 is 11.3 Å². The molecule has 0 amide bonds. The maximum Gasteiger partial charge on any atom is 0.0933 e. The molecule has 1 aliphatic heterocycles. The molecule has 0 spiro atoms. The van der Waals surface area contributed by atoms with Crippen molar-refractivity contribution in [3.05, 3.63) is 88.1 Å². The van der Waals surface area contributed by atoms with Gasteiger partial charge in [-0.25, -0.2) is 0 Å². The average molecular weight is 450 g/mol. The van der Waals surface area contributed by atoms with Crippen molar-refractivity contribution in [3.8, 4) is 0 Å². The predicted octanol–water partition coefficient (Wildman–Crippen LogP) is 4.98. The standard InChI is InChI=1S/C27H35N3OS/c1-28-15-13-26(27-12-7-21-32-27)31-22-24-10-5-6-11-25(24)30-19-17-29(18-20-30)16-14-23-8-3-2-4-9-23/h2-12,21,26,28H,13-20,22H2,1H3. The molecule has 0 aliphatic carbocycles. The first kappa shape index (κ1) is 23.0. The Morgan fingerprint density at radius 3 is 2.47 bits per heavy atom. The molecule has 1 atom stereocenters. The van der Waals surface area contributed by atoms with Crippen LogP contribution in [-0.2, 0) is 17.8 Å². The summed E-state index contributed by atoms with van der Waals surface area (Å²) in [6, 6.07) is 23.9. The summed E-state index contributed by atoms with van der Waals surface area (Å²) < 4.78 is 6.45. The van der Waals surface area contributed by atoms with E-state index in [1.165, 1.54) is 21.7 Å². The quantitative estimate of drug-likeness (QED) is 0.447. The summed E-state index contributed by atoms with van der Waals surface area (Å²) in [4.78, 5) is 6.43. The lowest BCUT2D eigenvalue weighted by Gasteiger charge is -2.37. The van der Waals surface area contributed by atoms with Gasteiger partial charge in [0.2, 0.25) is 0 Å². The minimum absolute atomic E-state index is 0.144. The lowest BCUT2D eigenvalue weighted by molar-refractivity contribution is 0.0369. The first-order valence-electron chi connectivity index (χ1n) is 11.7. The Kier molecular flexibility index (Phi) is 8.74. The van der Waals surface area contributed by atoms with Crippen molar-refractivity contribution in [3.63, 3.8) is 0 Å². The number of nitrogens with one attached hydrogen (secondary N) is 1. The largest absolute Gasteiger partial charge is 0.369 e. The van der Waals surface area contributed by atoms with Gasteiger partial charge in [0.25, 0.3) is 0 Å². The maximum absolute atomic E-state index is 6.45. The fourth-order valence-electron chi connectivity index (χ4n) is 4.33. The zero-order valence-corrected chi connectivity index (χ0v) is 19.9. The van der Waals surface area contributed by atoms with Gasteiger partial charge in [0.1, 0.15) is 0 Å². The van der Waals surface area contributed by atoms with Gasteiger partial charge < -0.3 is 15.0 Å². The number of rotatable bonds is 11. The van der Waals surface area contributed by atoms with Crippen LogP contribution < -0.4 is 10.2 Å². The second-order valence-corrected chi connectivity index (χ2v) is 9.38. The molecular formula is C27H35N3OS. The summed E-state index contributed by atoms with van der Waals surface area (Å²) in [7, 11) is 2.00. The van der Waals surface area contributed by atoms with E-state index in [0.29, 0.717) is 6.61 Å². The van der Waals surface area contributed by atoms with Crippen LogP contribution in [0.2, 0.25) is 0 Å². The summed E-state index contributed by atoms with van der Waals surface area (Å²) >= 11 is 1.78. The molecule has 1 aromatic heterocycles. The minimum Gasteiger partial charge on any atom is -0.369 e. The zero-order valence-electron chi connectivity index (χ0n) is 19.1. The van der Waals surface area contributed by atoms with Crippen LogP contribution in [0.3, 0.4) is 0 Å². The second kappa shape index (κ2) is 12.2. The van der Waals surface area contributed by atoms with Gasteiger partial charge in [-0.05, 0) is 49.5 Å². The van der Waals surface area contributed by atoms with E-state index in [4.69, 9.17) is 4.74 Å². The maximum atomic E-state index is 6.45. The van der Waals surface area contributed by atoms with Crippen molar-refractivity contribution in [1.29, 1.82) is 0 Å². The fraction of sp³-hybridized carbons (Fsp3) is 0.407. The number of piperazine rings is 1. The van der Waals surface area contributed by atoms with E-state index >= 15 is 0 Å². The monoisotopic (exact) mass is 449 g/mol. The third-order valence-electron chi connectivity index (χ3n) is 6.22. The minimum atomic E-state index is 0.144. The van der Waals surface area contributed by atoms with Gasteiger partial charge in [-0.3, -0.25) is 4.90 Å². The van der Waals surface area contributed by atoms with Gasteiger partial charge in [0, 0.05) is 48.9 Å². The molecule has 170 valence electrons. The number of hydrogen-bond acceptors (Lipinski definition) is 5. The Balaban J connectivity index is 1.32. The van der Waals surface area contributed by atoms with E-state index in [2.05, 4.69) is 87.2 Å². The highest BCUT2D eigenvalue weighted by atomic mass is 32.1. The van der Waals surface area contributed by atoms with Gasteiger partial charge in [-0.1, -0.05) is 54.6 Å². The number of thiophene rings is 1. The lowest BCUT2D eigenvalue weighted by Crippen LogP contribution is -2.47. The van der Waals surface area contributed by atoms with Crippen LogP contribution in [0.1, 0.15) is 28.5 Å². The molecule has 5 heteroatoms. The summed E-state index contributed by atoms with van der Waals surface area (Å²) in [6.45, 7) is 7.10. The molecule has 1 aliphatic rings. The molecular weight excluding hydrogens is 414 g/mol. The molecule has 4 nitrogen and oxygen atoms in total. The van der Waals surface area contributed by atoms with E-state index in [1.54, 1.807) is 11.3 Å². The summed E-state index contributed by atoms with van der Waals surface area (Å²) in [6.07, 6.45) is 2.26. The average Bonchev–Trinajstić information content (AvgIpc) is 3.39. The zero-order chi connectivity index (χ0) is 22.0. The SMILES string of the molecule is CNCCC(OCc1ccccc1N1CCN(CCc2ccccc2)CC1)c1cccs1. The third kappa shape index (κ3) is 6.42. The van der Waals surface area contributed by atoms with Gasteiger partial charge >= 0.3 is 0 Å². The van der Waals surface area contributed by atoms with Gasteiger partial charge in [-0.15, -0.1) is 11.3 Å². The Hall–Kier alpha value is -2.18. The van der Waals surface area contributed by atoms with Crippen LogP contribution in [0.5, 0.6) is 0 Å². The third-order valence-corrected chi connectivity index (χ3v) is 7.19. The van der Waals surface area contributed by atoms with Crippen LogP contribution in [-0.4, -0.2) is 51.2 Å². The Morgan fingerprint density at radius 1 is 0.938 bits per heavy atom. The van der Waals surface area contributed by atoms with E-state index in [0.717, 1.165) is 52.1 Å². The molecule has 4 rings (SSSR count). The molecule has 1 fully saturated rings. The smallest absolute Gasteiger partial charge is 0.0933 e. The van der Waals surface area contributed by atoms with Gasteiger partial charge in [-0.2, -0.15) is 0 Å². The normalized spacial score (nSPS) is 15.7. The highest BCUT2D eigenvalue weighted by Gasteiger charge is 2.20. The molecule has 1 unspecified atom stereocenters. The molecule has 32 heavy (non-hydrogen) atoms.